The Morgan fingerprint density at radius 2 is 1.05 bits per heavy atom. The van der Waals surface area contributed by atoms with Gasteiger partial charge in [-0.15, -0.1) is 0 Å². The van der Waals surface area contributed by atoms with E-state index in [9.17, 15) is 27.2 Å². The number of nitrogens with zero attached hydrogens (tertiary/aromatic N) is 4. The summed E-state index contributed by atoms with van der Waals surface area (Å²) in [5.74, 6) is -6.11. The molecule has 0 aliphatic rings. The third kappa shape index (κ3) is 5.53. The number of hydrogen-bond acceptors (Lipinski definition) is 8. The van der Waals surface area contributed by atoms with Gasteiger partial charge in [0.2, 0.25) is 0 Å². The molecule has 0 spiro atoms. The largest absolute Gasteiger partial charge is 0.456 e. The van der Waals surface area contributed by atoms with Crippen molar-refractivity contribution in [2.24, 2.45) is 11.5 Å². The summed E-state index contributed by atoms with van der Waals surface area (Å²) in [7, 11) is 0. The van der Waals surface area contributed by atoms with Crippen molar-refractivity contribution in [3.63, 3.8) is 0 Å². The Balaban J connectivity index is 1.38. The summed E-state index contributed by atoms with van der Waals surface area (Å²) in [4.78, 5) is 24.6. The molecule has 4 atom stereocenters. The van der Waals surface area contributed by atoms with Crippen molar-refractivity contribution in [1.29, 1.82) is 0 Å². The summed E-state index contributed by atoms with van der Waals surface area (Å²) in [6.07, 6.45) is -2.47. The summed E-state index contributed by atoms with van der Waals surface area (Å²) in [6.45, 7) is 6.11. The van der Waals surface area contributed by atoms with E-state index in [0.717, 1.165) is 36.4 Å². The van der Waals surface area contributed by atoms with Crippen molar-refractivity contribution in [3.8, 4) is 0 Å². The Hall–Kier alpha value is -4.30. The molecular weight excluding hydrogens is 536 g/mol. The van der Waals surface area contributed by atoms with E-state index >= 15 is 0 Å². The van der Waals surface area contributed by atoms with Gasteiger partial charge in [-0.2, -0.15) is 10.2 Å². The van der Waals surface area contributed by atoms with Gasteiger partial charge in [-0.3, -0.25) is 0 Å². The SMILES string of the molecule is Cc1nn([C@H](N)C(C)OC(=O)/C=C/C(=O)OC(C)[C@@H](N)n2nc(C)c3cc(F)c(F)cc32)c2cc(F)c(F)cc12. The zero-order valence-electron chi connectivity index (χ0n) is 21.9. The van der Waals surface area contributed by atoms with Crippen LogP contribution in [0.25, 0.3) is 21.8 Å². The van der Waals surface area contributed by atoms with Gasteiger partial charge in [0, 0.05) is 35.1 Å². The minimum atomic E-state index is -1.09. The number of hydrogen-bond donors (Lipinski definition) is 2. The monoisotopic (exact) mass is 562 g/mol. The lowest BCUT2D eigenvalue weighted by atomic mass is 10.2. The number of ether oxygens (including phenoxy) is 2. The number of esters is 2. The number of carbonyl (C=O) groups excluding carboxylic acids is 2. The quantitative estimate of drug-likeness (QED) is 0.189. The first kappa shape index (κ1) is 28.7. The van der Waals surface area contributed by atoms with Gasteiger partial charge in [0.05, 0.1) is 22.4 Å². The first-order valence-corrected chi connectivity index (χ1v) is 12.1. The van der Waals surface area contributed by atoms with Crippen molar-refractivity contribution in [2.75, 3.05) is 0 Å². The number of fused-ring (bicyclic) bond motifs is 2. The van der Waals surface area contributed by atoms with Crippen LogP contribution in [0.4, 0.5) is 17.6 Å². The van der Waals surface area contributed by atoms with Crippen molar-refractivity contribution in [1.82, 2.24) is 19.6 Å². The first-order valence-electron chi connectivity index (χ1n) is 12.1. The summed E-state index contributed by atoms with van der Waals surface area (Å²) >= 11 is 0. The second kappa shape index (κ2) is 11.1. The molecule has 0 saturated heterocycles. The van der Waals surface area contributed by atoms with Crippen molar-refractivity contribution in [2.45, 2.75) is 52.2 Å². The molecular formula is C26H26F4N6O4. The smallest absolute Gasteiger partial charge is 0.331 e. The Morgan fingerprint density at radius 3 is 1.40 bits per heavy atom. The lowest BCUT2D eigenvalue weighted by Crippen LogP contribution is -2.34. The molecule has 0 radical (unpaired) electrons. The van der Waals surface area contributed by atoms with Gasteiger partial charge in [0.25, 0.3) is 0 Å². The van der Waals surface area contributed by atoms with Crippen LogP contribution >= 0.6 is 0 Å². The number of halogens is 4. The second-order valence-electron chi connectivity index (χ2n) is 9.23. The van der Waals surface area contributed by atoms with Crippen LogP contribution in [0, 0.1) is 37.1 Å². The highest BCUT2D eigenvalue weighted by Gasteiger charge is 2.25. The second-order valence-corrected chi connectivity index (χ2v) is 9.23. The standard InChI is InChI=1S/C26H26F4N6O4/c1-11-15-7-17(27)19(29)9-21(15)35(33-11)25(31)13(3)39-23(37)5-6-24(38)40-14(4)26(32)36-22-10-20(30)18(28)8-16(22)12(2)34-36/h5-10,13-14,25-26H,31-32H2,1-4H3/b6-5+/t13?,14?,25-,26-/m0/s1. The van der Waals surface area contributed by atoms with E-state index in [2.05, 4.69) is 10.2 Å². The van der Waals surface area contributed by atoms with Gasteiger partial charge in [-0.25, -0.2) is 36.5 Å². The average molecular weight is 563 g/mol. The van der Waals surface area contributed by atoms with Crippen molar-refractivity contribution < 1.29 is 36.6 Å². The van der Waals surface area contributed by atoms with E-state index in [1.807, 2.05) is 0 Å². The molecule has 212 valence electrons. The molecule has 2 heterocycles. The van der Waals surface area contributed by atoms with Gasteiger partial charge < -0.3 is 20.9 Å². The lowest BCUT2D eigenvalue weighted by molar-refractivity contribution is -0.147. The van der Waals surface area contributed by atoms with E-state index in [0.29, 0.717) is 22.2 Å². The highest BCUT2D eigenvalue weighted by molar-refractivity contribution is 5.92. The molecule has 0 fully saturated rings. The molecule has 40 heavy (non-hydrogen) atoms. The summed E-state index contributed by atoms with van der Waals surface area (Å²) in [5.41, 5.74) is 13.5. The van der Waals surface area contributed by atoms with Gasteiger partial charge in [-0.1, -0.05) is 0 Å². The van der Waals surface area contributed by atoms with Gasteiger partial charge in [0.15, 0.2) is 23.3 Å². The fourth-order valence-electron chi connectivity index (χ4n) is 4.14. The molecule has 2 aromatic heterocycles. The molecule has 2 aromatic carbocycles. The zero-order valence-corrected chi connectivity index (χ0v) is 21.9. The summed E-state index contributed by atoms with van der Waals surface area (Å²) in [5, 5.41) is 9.08. The molecule has 2 unspecified atom stereocenters. The zero-order chi connectivity index (χ0) is 29.5. The predicted molar refractivity (Wildman–Crippen MR) is 135 cm³/mol. The van der Waals surface area contributed by atoms with Gasteiger partial charge >= 0.3 is 11.9 Å². The molecule has 14 heteroatoms. The molecule has 0 amide bonds. The van der Waals surface area contributed by atoms with E-state index in [-0.39, 0.29) is 11.0 Å². The third-order valence-corrected chi connectivity index (χ3v) is 6.35. The van der Waals surface area contributed by atoms with E-state index in [4.69, 9.17) is 20.9 Å². The number of aromatic nitrogens is 4. The third-order valence-electron chi connectivity index (χ3n) is 6.35. The maximum absolute atomic E-state index is 13.8. The Bertz CT molecular complexity index is 1530. The molecule has 0 aliphatic carbocycles. The molecule has 0 saturated carbocycles. The number of nitrogens with two attached hydrogens (primary N) is 2. The molecule has 4 aromatic rings. The molecule has 4 N–H and O–H groups in total. The van der Waals surface area contributed by atoms with Crippen LogP contribution in [0.5, 0.6) is 0 Å². The molecule has 0 bridgehead atoms. The Labute approximate surface area is 225 Å². The van der Waals surface area contributed by atoms with Gasteiger partial charge in [-0.05, 0) is 39.8 Å². The number of rotatable bonds is 8. The minimum absolute atomic E-state index is 0.212. The summed E-state index contributed by atoms with van der Waals surface area (Å²) in [6, 6.07) is 3.90. The molecule has 10 nitrogen and oxygen atoms in total. The normalized spacial score (nSPS) is 14.9. The molecule has 4 rings (SSSR count). The molecule has 0 aliphatic heterocycles. The fourth-order valence-corrected chi connectivity index (χ4v) is 4.14. The topological polar surface area (TPSA) is 140 Å². The predicted octanol–water partition coefficient (Wildman–Crippen LogP) is 3.59. The fraction of sp³-hybridized carbons (Fsp3) is 0.308. The highest BCUT2D eigenvalue weighted by atomic mass is 19.2. The first-order chi connectivity index (χ1) is 18.8. The Kier molecular flexibility index (Phi) is 7.93. The number of aryl methyl sites for hydroxylation is 2. The van der Waals surface area contributed by atoms with Crippen LogP contribution in [0.15, 0.2) is 36.4 Å². The minimum Gasteiger partial charge on any atom is -0.456 e. The van der Waals surface area contributed by atoms with E-state index in [1.54, 1.807) is 13.8 Å². The van der Waals surface area contributed by atoms with Gasteiger partial charge in [0.1, 0.15) is 24.5 Å². The van der Waals surface area contributed by atoms with Crippen LogP contribution < -0.4 is 11.5 Å². The highest BCUT2D eigenvalue weighted by Crippen LogP contribution is 2.26. The summed E-state index contributed by atoms with van der Waals surface area (Å²) < 4.78 is 67.7. The number of benzene rings is 2. The van der Waals surface area contributed by atoms with Crippen LogP contribution in [0.2, 0.25) is 0 Å². The average Bonchev–Trinajstić information content (AvgIpc) is 3.38. The maximum atomic E-state index is 13.8. The lowest BCUT2D eigenvalue weighted by Gasteiger charge is -2.21. The van der Waals surface area contributed by atoms with E-state index in [1.165, 1.54) is 23.2 Å². The van der Waals surface area contributed by atoms with Crippen molar-refractivity contribution in [3.05, 3.63) is 71.1 Å². The Morgan fingerprint density at radius 1 is 0.725 bits per heavy atom. The van der Waals surface area contributed by atoms with Crippen LogP contribution in [-0.4, -0.2) is 43.7 Å². The maximum Gasteiger partial charge on any atom is 0.331 e. The van der Waals surface area contributed by atoms with E-state index < -0.39 is 59.7 Å². The number of carbonyl (C=O) groups is 2. The van der Waals surface area contributed by atoms with Crippen LogP contribution in [0.3, 0.4) is 0 Å². The van der Waals surface area contributed by atoms with Crippen LogP contribution in [-0.2, 0) is 19.1 Å². The van der Waals surface area contributed by atoms with Crippen molar-refractivity contribution >= 4 is 33.7 Å². The van der Waals surface area contributed by atoms with Crippen LogP contribution in [0.1, 0.15) is 37.6 Å².